The van der Waals surface area contributed by atoms with E-state index in [2.05, 4.69) is 46.7 Å². The van der Waals surface area contributed by atoms with Crippen molar-refractivity contribution in [3.8, 4) is 11.5 Å². The van der Waals surface area contributed by atoms with Crippen LogP contribution in [0.4, 0.5) is 11.4 Å². The van der Waals surface area contributed by atoms with Gasteiger partial charge < -0.3 is 25.0 Å². The molecule has 28 heavy (non-hydrogen) atoms. The summed E-state index contributed by atoms with van der Waals surface area (Å²) in [6, 6.07) is 14.5. The Labute approximate surface area is 173 Å². The topological polar surface area (TPSA) is 45.8 Å². The van der Waals surface area contributed by atoms with E-state index in [1.165, 1.54) is 30.5 Å². The number of piperidine rings is 1. The third-order valence-corrected chi connectivity index (χ3v) is 5.34. The molecule has 0 amide bonds. The van der Waals surface area contributed by atoms with Gasteiger partial charge in [-0.25, -0.2) is 0 Å². The highest BCUT2D eigenvalue weighted by Crippen LogP contribution is 2.29. The summed E-state index contributed by atoms with van der Waals surface area (Å²) in [5.74, 6) is 1.42. The van der Waals surface area contributed by atoms with Gasteiger partial charge in [0.1, 0.15) is 11.5 Å². The molecule has 0 aromatic heterocycles. The van der Waals surface area contributed by atoms with Crippen molar-refractivity contribution in [1.29, 1.82) is 0 Å². The fraction of sp³-hybridized carbons (Fsp3) is 0.409. The Hall–Kier alpha value is -2.47. The molecule has 0 unspecified atom stereocenters. The molecule has 6 heteroatoms. The smallest absolute Gasteiger partial charge is 0.171 e. The predicted octanol–water partition coefficient (Wildman–Crippen LogP) is 4.74. The van der Waals surface area contributed by atoms with Gasteiger partial charge in [0.05, 0.1) is 25.9 Å². The molecule has 1 atom stereocenters. The first kappa shape index (κ1) is 20.3. The lowest BCUT2D eigenvalue weighted by atomic mass is 10.1. The average molecular weight is 400 g/mol. The lowest BCUT2D eigenvalue weighted by Crippen LogP contribution is -2.31. The lowest BCUT2D eigenvalue weighted by molar-refractivity contribution is 0.395. The fourth-order valence-corrected chi connectivity index (χ4v) is 3.75. The molecule has 150 valence electrons. The molecule has 0 bridgehead atoms. The summed E-state index contributed by atoms with van der Waals surface area (Å²) < 4.78 is 10.6. The quantitative estimate of drug-likeness (QED) is 0.684. The number of rotatable bonds is 6. The molecule has 1 aliphatic heterocycles. The third kappa shape index (κ3) is 5.07. The summed E-state index contributed by atoms with van der Waals surface area (Å²) in [6.07, 6.45) is 3.92. The molecule has 1 fully saturated rings. The molecular formula is C22H29N3O2S. The minimum atomic E-state index is 0.0969. The second-order valence-corrected chi connectivity index (χ2v) is 7.43. The van der Waals surface area contributed by atoms with Crippen LogP contribution in [0.3, 0.4) is 0 Å². The van der Waals surface area contributed by atoms with Gasteiger partial charge in [-0.05, 0) is 68.2 Å². The van der Waals surface area contributed by atoms with E-state index in [0.29, 0.717) is 10.9 Å². The maximum atomic E-state index is 5.49. The van der Waals surface area contributed by atoms with Crippen LogP contribution in [-0.4, -0.2) is 32.4 Å². The van der Waals surface area contributed by atoms with Gasteiger partial charge in [-0.2, -0.15) is 0 Å². The first-order valence-corrected chi connectivity index (χ1v) is 10.2. The molecule has 2 aromatic carbocycles. The van der Waals surface area contributed by atoms with Gasteiger partial charge >= 0.3 is 0 Å². The SMILES string of the molecule is COc1ccc(NC(=S)N[C@H](C)c2ccc(N3CCCCC3)cc2)c(OC)c1. The Morgan fingerprint density at radius 3 is 2.36 bits per heavy atom. The van der Waals surface area contributed by atoms with Gasteiger partial charge in [-0.3, -0.25) is 0 Å². The standard InChI is InChI=1S/C22H29N3O2S/c1-16(17-7-9-18(10-8-17)25-13-5-4-6-14-25)23-22(28)24-20-12-11-19(26-2)15-21(20)27-3/h7-12,15-16H,4-6,13-14H2,1-3H3,(H2,23,24,28)/t16-/m1/s1. The van der Waals surface area contributed by atoms with E-state index in [4.69, 9.17) is 21.7 Å². The molecule has 2 aromatic rings. The summed E-state index contributed by atoms with van der Waals surface area (Å²) >= 11 is 5.49. The number of anilines is 2. The zero-order chi connectivity index (χ0) is 19.9. The average Bonchev–Trinajstić information content (AvgIpc) is 2.74. The Bertz CT molecular complexity index is 789. The number of hydrogen-bond donors (Lipinski definition) is 2. The first-order chi connectivity index (χ1) is 13.6. The number of thiocarbonyl (C=S) groups is 1. The Kier molecular flexibility index (Phi) is 6.98. The molecule has 0 aliphatic carbocycles. The maximum absolute atomic E-state index is 5.49. The van der Waals surface area contributed by atoms with Gasteiger partial charge in [0.2, 0.25) is 0 Å². The molecule has 0 radical (unpaired) electrons. The summed E-state index contributed by atoms with van der Waals surface area (Å²) in [7, 11) is 3.26. The van der Waals surface area contributed by atoms with Crippen LogP contribution >= 0.6 is 12.2 Å². The highest BCUT2D eigenvalue weighted by atomic mass is 32.1. The van der Waals surface area contributed by atoms with Crippen LogP contribution in [0.15, 0.2) is 42.5 Å². The second-order valence-electron chi connectivity index (χ2n) is 7.03. The van der Waals surface area contributed by atoms with Gasteiger partial charge in [0.15, 0.2) is 5.11 Å². The number of benzene rings is 2. The minimum absolute atomic E-state index is 0.0969. The summed E-state index contributed by atoms with van der Waals surface area (Å²) in [6.45, 7) is 4.42. The Balaban J connectivity index is 1.59. The molecule has 3 rings (SSSR count). The lowest BCUT2D eigenvalue weighted by Gasteiger charge is -2.29. The van der Waals surface area contributed by atoms with E-state index in [0.717, 1.165) is 24.5 Å². The monoisotopic (exact) mass is 399 g/mol. The van der Waals surface area contributed by atoms with Crippen LogP contribution in [0.2, 0.25) is 0 Å². The third-order valence-electron chi connectivity index (χ3n) is 5.12. The highest BCUT2D eigenvalue weighted by molar-refractivity contribution is 7.80. The molecule has 1 heterocycles. The van der Waals surface area contributed by atoms with Crippen molar-refractivity contribution in [1.82, 2.24) is 5.32 Å². The normalized spacial score (nSPS) is 14.9. The van der Waals surface area contributed by atoms with Crippen LogP contribution in [-0.2, 0) is 0 Å². The minimum Gasteiger partial charge on any atom is -0.497 e. The van der Waals surface area contributed by atoms with E-state index in [9.17, 15) is 0 Å². The molecule has 0 saturated carbocycles. The Morgan fingerprint density at radius 1 is 1.00 bits per heavy atom. The zero-order valence-electron chi connectivity index (χ0n) is 16.8. The van der Waals surface area contributed by atoms with E-state index in [1.807, 2.05) is 18.2 Å². The van der Waals surface area contributed by atoms with Crippen LogP contribution in [0, 0.1) is 0 Å². The van der Waals surface area contributed by atoms with Gasteiger partial charge in [0, 0.05) is 24.8 Å². The number of nitrogens with zero attached hydrogens (tertiary/aromatic N) is 1. The maximum Gasteiger partial charge on any atom is 0.171 e. The fourth-order valence-electron chi connectivity index (χ4n) is 3.47. The summed E-state index contributed by atoms with van der Waals surface area (Å²) in [5, 5.41) is 7.10. The molecule has 0 spiro atoms. The predicted molar refractivity (Wildman–Crippen MR) is 120 cm³/mol. The number of ether oxygens (including phenoxy) is 2. The van der Waals surface area contributed by atoms with E-state index in [-0.39, 0.29) is 6.04 Å². The van der Waals surface area contributed by atoms with Crippen LogP contribution in [0.5, 0.6) is 11.5 Å². The van der Waals surface area contributed by atoms with E-state index >= 15 is 0 Å². The van der Waals surface area contributed by atoms with Crippen molar-refractivity contribution in [3.05, 3.63) is 48.0 Å². The summed E-state index contributed by atoms with van der Waals surface area (Å²) in [5.41, 5.74) is 3.30. The van der Waals surface area contributed by atoms with Gasteiger partial charge in [-0.15, -0.1) is 0 Å². The van der Waals surface area contributed by atoms with E-state index in [1.54, 1.807) is 14.2 Å². The largest absolute Gasteiger partial charge is 0.497 e. The van der Waals surface area contributed by atoms with Gasteiger partial charge in [0.25, 0.3) is 0 Å². The molecule has 1 saturated heterocycles. The van der Waals surface area contributed by atoms with Crippen LogP contribution in [0.1, 0.15) is 37.8 Å². The van der Waals surface area contributed by atoms with Crippen LogP contribution in [0.25, 0.3) is 0 Å². The van der Waals surface area contributed by atoms with Crippen molar-refractivity contribution in [3.63, 3.8) is 0 Å². The summed E-state index contributed by atoms with van der Waals surface area (Å²) in [4.78, 5) is 2.47. The molecule has 1 aliphatic rings. The zero-order valence-corrected chi connectivity index (χ0v) is 17.6. The van der Waals surface area contributed by atoms with Crippen molar-refractivity contribution < 1.29 is 9.47 Å². The molecular weight excluding hydrogens is 370 g/mol. The Morgan fingerprint density at radius 2 is 1.71 bits per heavy atom. The van der Waals surface area contributed by atoms with Crippen molar-refractivity contribution in [2.45, 2.75) is 32.2 Å². The highest BCUT2D eigenvalue weighted by Gasteiger charge is 2.13. The van der Waals surface area contributed by atoms with Crippen LogP contribution < -0.4 is 25.0 Å². The van der Waals surface area contributed by atoms with Crippen molar-refractivity contribution in [2.75, 3.05) is 37.5 Å². The van der Waals surface area contributed by atoms with Gasteiger partial charge in [-0.1, -0.05) is 12.1 Å². The second kappa shape index (κ2) is 9.64. The molecule has 5 nitrogen and oxygen atoms in total. The first-order valence-electron chi connectivity index (χ1n) is 9.75. The number of nitrogens with one attached hydrogen (secondary N) is 2. The number of hydrogen-bond acceptors (Lipinski definition) is 4. The van der Waals surface area contributed by atoms with Crippen molar-refractivity contribution >= 4 is 28.7 Å². The van der Waals surface area contributed by atoms with Crippen molar-refractivity contribution in [2.24, 2.45) is 0 Å². The molecule has 2 N–H and O–H groups in total. The van der Waals surface area contributed by atoms with E-state index < -0.39 is 0 Å². The number of methoxy groups -OCH3 is 2.